The van der Waals surface area contributed by atoms with Crippen molar-refractivity contribution in [2.24, 2.45) is 0 Å². The number of halogens is 6. The van der Waals surface area contributed by atoms with E-state index >= 15 is 0 Å². The van der Waals surface area contributed by atoms with Crippen LogP contribution in [0, 0.1) is 56.7 Å². The van der Waals surface area contributed by atoms with E-state index in [0.29, 0.717) is 12.1 Å². The third kappa shape index (κ3) is 5.50. The number of rotatable bonds is 4. The molecule has 0 saturated carbocycles. The molecular weight excluding hydrogens is 550 g/mol. The van der Waals surface area contributed by atoms with E-state index in [4.69, 9.17) is 14.9 Å². The Labute approximate surface area is 226 Å². The van der Waals surface area contributed by atoms with E-state index in [1.54, 1.807) is 30.3 Å². The molecule has 0 N–H and O–H groups in total. The van der Waals surface area contributed by atoms with Crippen molar-refractivity contribution in [3.63, 3.8) is 0 Å². The molecule has 0 aliphatic heterocycles. The van der Waals surface area contributed by atoms with Crippen molar-refractivity contribution in [1.82, 2.24) is 4.98 Å². The average Bonchev–Trinajstić information content (AvgIpc) is 3.35. The number of aromatic nitrogens is 1. The number of hydrogen-bond acceptors (Lipinski definition) is 7. The largest absolute Gasteiger partial charge is 0.438 e. The predicted octanol–water partition coefficient (Wildman–Crippen LogP) is 7.33. The SMILES string of the molecule is N#Cc1cc(-c2cc(C(F)(F)F)cc(C(F)(F)F)c2)cc(-c2cc3nc(C(C#N)C#N)oc3cc2C(C#N)C#N)c1. The van der Waals surface area contributed by atoms with Crippen LogP contribution < -0.4 is 0 Å². The minimum atomic E-state index is -5.11. The van der Waals surface area contributed by atoms with Gasteiger partial charge in [0.2, 0.25) is 11.8 Å². The molecule has 0 radical (unpaired) electrons. The summed E-state index contributed by atoms with van der Waals surface area (Å²) in [5.41, 5.74) is -3.64. The molecule has 1 aromatic heterocycles. The summed E-state index contributed by atoms with van der Waals surface area (Å²) in [4.78, 5) is 4.10. The Kier molecular flexibility index (Phi) is 7.13. The molecule has 0 unspecified atom stereocenters. The predicted molar refractivity (Wildman–Crippen MR) is 128 cm³/mol. The highest BCUT2D eigenvalue weighted by Crippen LogP contribution is 2.41. The quantitative estimate of drug-likeness (QED) is 0.238. The number of nitrogens with zero attached hydrogens (tertiary/aromatic N) is 6. The summed E-state index contributed by atoms with van der Waals surface area (Å²) < 4.78 is 86.4. The van der Waals surface area contributed by atoms with Crippen LogP contribution in [0.2, 0.25) is 0 Å². The fourth-order valence-corrected chi connectivity index (χ4v) is 4.06. The highest BCUT2D eigenvalue weighted by molar-refractivity contribution is 5.86. The zero-order valence-electron chi connectivity index (χ0n) is 20.1. The van der Waals surface area contributed by atoms with Crippen LogP contribution in [0.5, 0.6) is 0 Å². The zero-order valence-corrected chi connectivity index (χ0v) is 20.1. The lowest BCUT2D eigenvalue weighted by atomic mass is 9.88. The molecular formula is C28H10F6N6O. The second kappa shape index (κ2) is 10.4. The molecule has 3 aromatic carbocycles. The highest BCUT2D eigenvalue weighted by atomic mass is 19.4. The molecule has 0 bridgehead atoms. The van der Waals surface area contributed by atoms with E-state index in [2.05, 4.69) is 4.98 Å². The monoisotopic (exact) mass is 560 g/mol. The van der Waals surface area contributed by atoms with Gasteiger partial charge in [-0.15, -0.1) is 0 Å². The van der Waals surface area contributed by atoms with Crippen LogP contribution in [-0.2, 0) is 12.4 Å². The standard InChI is InChI=1S/C28H10F6N6O/c29-27(30,31)20-4-16(5-21(6-20)28(32,33)34)15-1-14(9-35)2-17(3-15)22-7-24-25(8-23(22)18(10-36)11-37)41-26(40-24)19(12-38)13-39/h1-8,18-19H. The molecule has 7 nitrogen and oxygen atoms in total. The van der Waals surface area contributed by atoms with Crippen LogP contribution in [0.1, 0.15) is 40.0 Å². The zero-order chi connectivity index (χ0) is 30.1. The van der Waals surface area contributed by atoms with E-state index < -0.39 is 40.9 Å². The summed E-state index contributed by atoms with van der Waals surface area (Å²) in [5, 5.41) is 47.1. The third-order valence-corrected chi connectivity index (χ3v) is 5.94. The van der Waals surface area contributed by atoms with Crippen LogP contribution in [0.4, 0.5) is 26.3 Å². The maximum absolute atomic E-state index is 13.5. The van der Waals surface area contributed by atoms with Gasteiger partial charge in [0.25, 0.3) is 0 Å². The summed E-state index contributed by atoms with van der Waals surface area (Å²) >= 11 is 0. The Morgan fingerprint density at radius 1 is 0.634 bits per heavy atom. The molecule has 0 atom stereocenters. The maximum atomic E-state index is 13.5. The summed E-state index contributed by atoms with van der Waals surface area (Å²) in [6, 6.07) is 15.9. The topological polar surface area (TPSA) is 145 Å². The minimum absolute atomic E-state index is 0.00843. The summed E-state index contributed by atoms with van der Waals surface area (Å²) in [5.74, 6) is -3.08. The van der Waals surface area contributed by atoms with Gasteiger partial charge in [0.15, 0.2) is 11.5 Å². The molecule has 0 spiro atoms. The lowest BCUT2D eigenvalue weighted by Gasteiger charge is -2.16. The molecule has 1 heterocycles. The first-order valence-electron chi connectivity index (χ1n) is 11.2. The first kappa shape index (κ1) is 28.2. The van der Waals surface area contributed by atoms with Crippen LogP contribution >= 0.6 is 0 Å². The number of hydrogen-bond donors (Lipinski definition) is 0. The van der Waals surface area contributed by atoms with Crippen molar-refractivity contribution in [3.8, 4) is 52.6 Å². The van der Waals surface area contributed by atoms with Gasteiger partial charge in [0, 0.05) is 0 Å². The van der Waals surface area contributed by atoms with Gasteiger partial charge in [-0.1, -0.05) is 0 Å². The molecule has 4 rings (SSSR count). The Hall–Kier alpha value is -5.84. The summed E-state index contributed by atoms with van der Waals surface area (Å²) in [7, 11) is 0. The van der Waals surface area contributed by atoms with E-state index in [-0.39, 0.29) is 50.9 Å². The van der Waals surface area contributed by atoms with E-state index in [1.807, 2.05) is 0 Å². The summed E-state index contributed by atoms with van der Waals surface area (Å²) in [6.45, 7) is 0. The fourth-order valence-electron chi connectivity index (χ4n) is 4.06. The lowest BCUT2D eigenvalue weighted by Crippen LogP contribution is -2.11. The van der Waals surface area contributed by atoms with Crippen molar-refractivity contribution in [2.45, 2.75) is 24.2 Å². The normalized spacial score (nSPS) is 11.5. The molecule has 0 saturated heterocycles. The molecule has 41 heavy (non-hydrogen) atoms. The number of oxazole rings is 1. The highest BCUT2D eigenvalue weighted by Gasteiger charge is 2.37. The average molecular weight is 560 g/mol. The van der Waals surface area contributed by atoms with Gasteiger partial charge in [0.05, 0.1) is 47.0 Å². The van der Waals surface area contributed by atoms with Gasteiger partial charge in [-0.25, -0.2) is 4.98 Å². The van der Waals surface area contributed by atoms with E-state index in [9.17, 15) is 42.1 Å². The van der Waals surface area contributed by atoms with Gasteiger partial charge in [0.1, 0.15) is 5.52 Å². The second-order valence-corrected chi connectivity index (χ2v) is 8.55. The van der Waals surface area contributed by atoms with Crippen molar-refractivity contribution in [2.75, 3.05) is 0 Å². The molecule has 13 heteroatoms. The van der Waals surface area contributed by atoms with Crippen LogP contribution in [0.15, 0.2) is 52.9 Å². The number of benzene rings is 3. The van der Waals surface area contributed by atoms with Gasteiger partial charge >= 0.3 is 12.4 Å². The van der Waals surface area contributed by atoms with Crippen molar-refractivity contribution in [1.29, 1.82) is 26.3 Å². The van der Waals surface area contributed by atoms with Crippen molar-refractivity contribution < 1.29 is 30.8 Å². The number of nitriles is 5. The molecule has 0 aliphatic rings. The first-order chi connectivity index (χ1) is 19.3. The second-order valence-electron chi connectivity index (χ2n) is 8.55. The van der Waals surface area contributed by atoms with Gasteiger partial charge in [-0.2, -0.15) is 52.7 Å². The number of alkyl halides is 6. The smallest absolute Gasteiger partial charge is 0.416 e. The van der Waals surface area contributed by atoms with Crippen molar-refractivity contribution in [3.05, 3.63) is 76.7 Å². The van der Waals surface area contributed by atoms with E-state index in [1.165, 1.54) is 24.3 Å². The lowest BCUT2D eigenvalue weighted by molar-refractivity contribution is -0.143. The summed E-state index contributed by atoms with van der Waals surface area (Å²) in [6.07, 6.45) is -10.2. The van der Waals surface area contributed by atoms with Crippen LogP contribution in [0.3, 0.4) is 0 Å². The van der Waals surface area contributed by atoms with E-state index in [0.717, 1.165) is 6.07 Å². The molecule has 0 aliphatic carbocycles. The minimum Gasteiger partial charge on any atom is -0.438 e. The fraction of sp³-hybridized carbons (Fsp3) is 0.143. The Morgan fingerprint density at radius 3 is 1.68 bits per heavy atom. The third-order valence-electron chi connectivity index (χ3n) is 5.94. The molecule has 0 amide bonds. The van der Waals surface area contributed by atoms with Gasteiger partial charge in [-0.3, -0.25) is 0 Å². The van der Waals surface area contributed by atoms with Crippen LogP contribution in [0.25, 0.3) is 33.4 Å². The molecule has 4 aromatic rings. The maximum Gasteiger partial charge on any atom is 0.416 e. The van der Waals surface area contributed by atoms with Gasteiger partial charge < -0.3 is 4.42 Å². The van der Waals surface area contributed by atoms with Crippen molar-refractivity contribution >= 4 is 11.1 Å². The first-order valence-corrected chi connectivity index (χ1v) is 11.2. The Bertz CT molecular complexity index is 1840. The van der Waals surface area contributed by atoms with Crippen LogP contribution in [-0.4, -0.2) is 4.98 Å². The molecule has 200 valence electrons. The number of fused-ring (bicyclic) bond motifs is 1. The molecule has 0 fully saturated rings. The Balaban J connectivity index is 2.03. The Morgan fingerprint density at radius 2 is 1.17 bits per heavy atom. The van der Waals surface area contributed by atoms with Gasteiger partial charge in [-0.05, 0) is 76.3 Å².